The highest BCUT2D eigenvalue weighted by Gasteiger charge is 2.18. The van der Waals surface area contributed by atoms with Crippen molar-refractivity contribution in [3.05, 3.63) is 54.1 Å². The van der Waals surface area contributed by atoms with Gasteiger partial charge in [0.2, 0.25) is 0 Å². The van der Waals surface area contributed by atoms with Crippen LogP contribution in [0.1, 0.15) is 32.8 Å². The van der Waals surface area contributed by atoms with Gasteiger partial charge >= 0.3 is 12.2 Å². The van der Waals surface area contributed by atoms with Gasteiger partial charge < -0.3 is 14.2 Å². The largest absolute Gasteiger partial charge is 0.449 e. The van der Waals surface area contributed by atoms with Crippen LogP contribution in [-0.4, -0.2) is 38.6 Å². The lowest BCUT2D eigenvalue weighted by atomic mass is 10.2. The van der Waals surface area contributed by atoms with Crippen LogP contribution in [0.5, 0.6) is 5.75 Å². The number of anilines is 2. The third-order valence-corrected chi connectivity index (χ3v) is 4.17. The topological polar surface area (TPSA) is 77.1 Å². The van der Waals surface area contributed by atoms with E-state index in [1.54, 1.807) is 29.2 Å². The van der Waals surface area contributed by atoms with E-state index in [2.05, 4.69) is 5.32 Å². The lowest BCUT2D eigenvalue weighted by Crippen LogP contribution is -2.36. The molecule has 0 saturated heterocycles. The first-order chi connectivity index (χ1) is 14.9. The summed E-state index contributed by atoms with van der Waals surface area (Å²) >= 11 is 0. The van der Waals surface area contributed by atoms with Crippen molar-refractivity contribution in [3.63, 3.8) is 0 Å². The molecule has 0 aromatic heterocycles. The first kappa shape index (κ1) is 24.2. The van der Waals surface area contributed by atoms with Crippen LogP contribution in [0.4, 0.5) is 21.0 Å². The second kappa shape index (κ2) is 12.6. The summed E-state index contributed by atoms with van der Waals surface area (Å²) in [7, 11) is 0. The number of benzene rings is 2. The zero-order chi connectivity index (χ0) is 22.6. The summed E-state index contributed by atoms with van der Waals surface area (Å²) in [6.45, 7) is 9.65. The molecule has 0 aliphatic heterocycles. The van der Waals surface area contributed by atoms with Crippen LogP contribution in [0.25, 0.3) is 0 Å². The molecule has 0 aliphatic rings. The van der Waals surface area contributed by atoms with Crippen molar-refractivity contribution in [2.75, 3.05) is 36.6 Å². The Bertz CT molecular complexity index is 853. The Morgan fingerprint density at radius 1 is 1.06 bits per heavy atom. The fourth-order valence-corrected chi connectivity index (χ4v) is 2.71. The minimum atomic E-state index is -0.549. The Labute approximate surface area is 184 Å². The quantitative estimate of drug-likeness (QED) is 0.496. The second-order valence-electron chi connectivity index (χ2n) is 7.62. The predicted octanol–water partition coefficient (Wildman–Crippen LogP) is 5.63. The summed E-state index contributed by atoms with van der Waals surface area (Å²) in [5.74, 6) is 0.561. The molecule has 7 nitrogen and oxygen atoms in total. The molecule has 2 aromatic rings. The zero-order valence-corrected chi connectivity index (χ0v) is 18.7. The maximum Gasteiger partial charge on any atom is 0.419 e. The minimum Gasteiger partial charge on any atom is -0.449 e. The Morgan fingerprint density at radius 2 is 1.84 bits per heavy atom. The van der Waals surface area contributed by atoms with Gasteiger partial charge in [0.15, 0.2) is 0 Å². The van der Waals surface area contributed by atoms with Crippen LogP contribution in [0.3, 0.4) is 0 Å². The number of ether oxygens (including phenoxy) is 3. The SMILES string of the molecule is CCCOCCN(C(=O)Oc1cccc(NC(=O)OCC(C)C)c1)c1cccc(C)c1. The van der Waals surface area contributed by atoms with Crippen molar-refractivity contribution in [2.24, 2.45) is 5.92 Å². The van der Waals surface area contributed by atoms with E-state index in [-0.39, 0.29) is 5.92 Å². The Kier molecular flexibility index (Phi) is 9.84. The number of carbonyl (C=O) groups is 2. The number of amides is 2. The first-order valence-electron chi connectivity index (χ1n) is 10.6. The van der Waals surface area contributed by atoms with Gasteiger partial charge in [-0.25, -0.2) is 9.59 Å². The molecule has 2 aromatic carbocycles. The molecule has 168 valence electrons. The first-order valence-corrected chi connectivity index (χ1v) is 10.6. The molecule has 0 atom stereocenters. The number of hydrogen-bond acceptors (Lipinski definition) is 5. The van der Waals surface area contributed by atoms with Gasteiger partial charge in [-0.3, -0.25) is 10.2 Å². The van der Waals surface area contributed by atoms with Crippen molar-refractivity contribution >= 4 is 23.6 Å². The van der Waals surface area contributed by atoms with Gasteiger partial charge in [-0.2, -0.15) is 0 Å². The Hall–Kier alpha value is -3.06. The Balaban J connectivity index is 2.07. The van der Waals surface area contributed by atoms with Crippen LogP contribution in [0.15, 0.2) is 48.5 Å². The maximum absolute atomic E-state index is 12.9. The summed E-state index contributed by atoms with van der Waals surface area (Å²) in [6, 6.07) is 14.3. The number of carbonyl (C=O) groups excluding carboxylic acids is 2. The highest BCUT2D eigenvalue weighted by molar-refractivity contribution is 5.90. The van der Waals surface area contributed by atoms with Crippen molar-refractivity contribution in [3.8, 4) is 5.75 Å². The van der Waals surface area contributed by atoms with Crippen molar-refractivity contribution in [1.82, 2.24) is 0 Å². The molecule has 0 radical (unpaired) electrons. The summed E-state index contributed by atoms with van der Waals surface area (Å²) in [6.07, 6.45) is -0.161. The lowest BCUT2D eigenvalue weighted by Gasteiger charge is -2.22. The van der Waals surface area contributed by atoms with Crippen LogP contribution < -0.4 is 15.0 Å². The maximum atomic E-state index is 12.9. The molecule has 31 heavy (non-hydrogen) atoms. The number of hydrogen-bond donors (Lipinski definition) is 1. The molecular weight excluding hydrogens is 396 g/mol. The molecule has 0 fully saturated rings. The molecule has 0 heterocycles. The molecule has 2 amide bonds. The van der Waals surface area contributed by atoms with Crippen molar-refractivity contribution < 1.29 is 23.8 Å². The lowest BCUT2D eigenvalue weighted by molar-refractivity contribution is 0.139. The fraction of sp³-hybridized carbons (Fsp3) is 0.417. The zero-order valence-electron chi connectivity index (χ0n) is 18.7. The van der Waals surface area contributed by atoms with E-state index in [0.29, 0.717) is 37.8 Å². The van der Waals surface area contributed by atoms with E-state index in [0.717, 1.165) is 17.7 Å². The van der Waals surface area contributed by atoms with Crippen molar-refractivity contribution in [2.45, 2.75) is 34.1 Å². The van der Waals surface area contributed by atoms with Gasteiger partial charge in [-0.05, 0) is 49.1 Å². The number of rotatable bonds is 10. The van der Waals surface area contributed by atoms with Gasteiger partial charge in [0.25, 0.3) is 0 Å². The fourth-order valence-electron chi connectivity index (χ4n) is 2.71. The number of nitrogens with zero attached hydrogens (tertiary/aromatic N) is 1. The summed E-state index contributed by atoms with van der Waals surface area (Å²) in [4.78, 5) is 26.4. The molecule has 0 aliphatic carbocycles. The molecule has 2 rings (SSSR count). The molecule has 7 heteroatoms. The summed E-state index contributed by atoms with van der Waals surface area (Å²) in [5.41, 5.74) is 2.25. The van der Waals surface area contributed by atoms with Crippen molar-refractivity contribution in [1.29, 1.82) is 0 Å². The molecule has 0 saturated carbocycles. The van der Waals surface area contributed by atoms with Gasteiger partial charge in [0, 0.05) is 24.0 Å². The Morgan fingerprint density at radius 3 is 2.55 bits per heavy atom. The van der Waals surface area contributed by atoms with Crippen LogP contribution in [-0.2, 0) is 9.47 Å². The molecule has 1 N–H and O–H groups in total. The number of nitrogens with one attached hydrogen (secondary N) is 1. The number of aryl methyl sites for hydroxylation is 1. The molecule has 0 bridgehead atoms. The van der Waals surface area contributed by atoms with E-state index < -0.39 is 12.2 Å². The van der Waals surface area contributed by atoms with Gasteiger partial charge in [-0.1, -0.05) is 39.0 Å². The van der Waals surface area contributed by atoms with E-state index in [4.69, 9.17) is 14.2 Å². The molecular formula is C24H32N2O5. The van der Waals surface area contributed by atoms with E-state index in [1.165, 1.54) is 0 Å². The van der Waals surface area contributed by atoms with Gasteiger partial charge in [0.05, 0.1) is 19.8 Å². The monoisotopic (exact) mass is 428 g/mol. The van der Waals surface area contributed by atoms with Crippen LogP contribution in [0, 0.1) is 12.8 Å². The van der Waals surface area contributed by atoms with E-state index >= 15 is 0 Å². The minimum absolute atomic E-state index is 0.243. The second-order valence-corrected chi connectivity index (χ2v) is 7.62. The third kappa shape index (κ3) is 8.68. The summed E-state index contributed by atoms with van der Waals surface area (Å²) < 4.78 is 16.3. The van der Waals surface area contributed by atoms with E-state index in [1.807, 2.05) is 52.0 Å². The van der Waals surface area contributed by atoms with Crippen LogP contribution in [0.2, 0.25) is 0 Å². The third-order valence-electron chi connectivity index (χ3n) is 4.17. The smallest absolute Gasteiger partial charge is 0.419 e. The average molecular weight is 429 g/mol. The van der Waals surface area contributed by atoms with Crippen LogP contribution >= 0.6 is 0 Å². The highest BCUT2D eigenvalue weighted by Crippen LogP contribution is 2.21. The van der Waals surface area contributed by atoms with E-state index in [9.17, 15) is 9.59 Å². The average Bonchev–Trinajstić information content (AvgIpc) is 2.72. The normalized spacial score (nSPS) is 10.6. The summed E-state index contributed by atoms with van der Waals surface area (Å²) in [5, 5.41) is 2.64. The van der Waals surface area contributed by atoms with Gasteiger partial charge in [-0.15, -0.1) is 0 Å². The molecule has 0 spiro atoms. The predicted molar refractivity (Wildman–Crippen MR) is 122 cm³/mol. The standard InChI is InChI=1S/C24H32N2O5/c1-5-13-29-14-12-26(21-10-6-8-19(4)15-21)24(28)31-22-11-7-9-20(16-22)25-23(27)30-17-18(2)3/h6-11,15-16,18H,5,12-14,17H2,1-4H3,(H,25,27). The molecule has 0 unspecified atom stereocenters. The highest BCUT2D eigenvalue weighted by atomic mass is 16.6. The van der Waals surface area contributed by atoms with Gasteiger partial charge in [0.1, 0.15) is 5.75 Å².